The van der Waals surface area contributed by atoms with Crippen molar-refractivity contribution < 1.29 is 19.8 Å². The number of anilines is 1. The number of carboxylic acids is 1. The predicted molar refractivity (Wildman–Crippen MR) is 66.2 cm³/mol. The van der Waals surface area contributed by atoms with E-state index in [0.717, 1.165) is 0 Å². The monoisotopic (exact) mass is 261 g/mol. The Labute approximate surface area is 108 Å². The number of aromatic hydroxyl groups is 1. The van der Waals surface area contributed by atoms with Gasteiger partial charge in [-0.15, -0.1) is 0 Å². The number of imidazole rings is 1. The molecule has 0 saturated heterocycles. The number of rotatable bonds is 3. The highest BCUT2D eigenvalue weighted by Crippen LogP contribution is 2.21. The third-order valence-electron chi connectivity index (χ3n) is 2.42. The molecule has 3 N–H and O–H groups in total. The van der Waals surface area contributed by atoms with E-state index in [0.29, 0.717) is 0 Å². The molecule has 0 atom stereocenters. The van der Waals surface area contributed by atoms with Gasteiger partial charge in [0.15, 0.2) is 0 Å². The molecule has 2 aromatic rings. The molecule has 0 aliphatic heterocycles. The second-order valence-corrected chi connectivity index (χ2v) is 3.92. The summed E-state index contributed by atoms with van der Waals surface area (Å²) in [6.45, 7) is 0. The molecule has 98 valence electrons. The highest BCUT2D eigenvalue weighted by atomic mass is 16.4. The Morgan fingerprint density at radius 1 is 1.37 bits per heavy atom. The first-order valence-electron chi connectivity index (χ1n) is 5.33. The van der Waals surface area contributed by atoms with Crippen LogP contribution in [0, 0.1) is 0 Å². The topological polar surface area (TPSA) is 104 Å². The van der Waals surface area contributed by atoms with Crippen molar-refractivity contribution in [2.24, 2.45) is 7.05 Å². The van der Waals surface area contributed by atoms with Crippen LogP contribution in [-0.4, -0.2) is 31.6 Å². The minimum atomic E-state index is -1.27. The molecule has 1 amide bonds. The highest BCUT2D eigenvalue weighted by molar-refractivity contribution is 6.03. The maximum absolute atomic E-state index is 11.8. The lowest BCUT2D eigenvalue weighted by Crippen LogP contribution is -2.12. The van der Waals surface area contributed by atoms with Crippen LogP contribution < -0.4 is 5.32 Å². The molecule has 0 fully saturated rings. The van der Waals surface area contributed by atoms with Gasteiger partial charge in [-0.1, -0.05) is 0 Å². The Kier molecular flexibility index (Phi) is 3.19. The highest BCUT2D eigenvalue weighted by Gasteiger charge is 2.13. The number of amides is 1. The zero-order valence-electron chi connectivity index (χ0n) is 9.99. The number of hydrogen-bond acceptors (Lipinski definition) is 4. The number of nitrogens with zero attached hydrogens (tertiary/aromatic N) is 2. The lowest BCUT2D eigenvalue weighted by molar-refractivity contribution is 0.0693. The molecule has 0 bridgehead atoms. The molecule has 1 aromatic heterocycles. The smallest absolute Gasteiger partial charge is 0.339 e. The Balaban J connectivity index is 2.22. The van der Waals surface area contributed by atoms with Gasteiger partial charge in [-0.05, 0) is 18.2 Å². The quantitative estimate of drug-likeness (QED) is 0.717. The van der Waals surface area contributed by atoms with Crippen LogP contribution in [0.15, 0.2) is 30.7 Å². The van der Waals surface area contributed by atoms with Gasteiger partial charge in [-0.25, -0.2) is 9.78 Å². The van der Waals surface area contributed by atoms with Gasteiger partial charge < -0.3 is 20.1 Å². The van der Waals surface area contributed by atoms with Crippen molar-refractivity contribution in [3.63, 3.8) is 0 Å². The fraction of sp³-hybridized carbons (Fsp3) is 0.0833. The molecule has 1 heterocycles. The number of carbonyl (C=O) groups is 2. The predicted octanol–water partition coefficient (Wildman–Crippen LogP) is 1.08. The standard InChI is InChI=1S/C12H11N3O4/c1-15-5-9(13-6-15)11(17)14-7-2-3-10(16)8(4-7)12(18)19/h2-6,16H,1H3,(H,14,17)(H,18,19). The maximum Gasteiger partial charge on any atom is 0.339 e. The molecule has 0 aliphatic carbocycles. The van der Waals surface area contributed by atoms with Crippen molar-refractivity contribution in [1.29, 1.82) is 0 Å². The number of phenols is 1. The Hall–Kier alpha value is -2.83. The minimum absolute atomic E-state index is 0.215. The van der Waals surface area contributed by atoms with Crippen LogP contribution in [0.1, 0.15) is 20.8 Å². The zero-order valence-corrected chi connectivity index (χ0v) is 9.99. The normalized spacial score (nSPS) is 10.2. The van der Waals surface area contributed by atoms with Gasteiger partial charge in [0.1, 0.15) is 17.0 Å². The fourth-order valence-corrected chi connectivity index (χ4v) is 1.51. The van der Waals surface area contributed by atoms with Gasteiger partial charge in [0.25, 0.3) is 5.91 Å². The van der Waals surface area contributed by atoms with Gasteiger partial charge in [0, 0.05) is 18.9 Å². The van der Waals surface area contributed by atoms with Crippen molar-refractivity contribution in [3.05, 3.63) is 42.0 Å². The van der Waals surface area contributed by atoms with E-state index in [1.54, 1.807) is 11.6 Å². The van der Waals surface area contributed by atoms with E-state index in [1.807, 2.05) is 0 Å². The van der Waals surface area contributed by atoms with Crippen LogP contribution in [0.25, 0.3) is 0 Å². The minimum Gasteiger partial charge on any atom is -0.507 e. The summed E-state index contributed by atoms with van der Waals surface area (Å²) in [5, 5.41) is 20.7. The molecule has 0 radical (unpaired) electrons. The van der Waals surface area contributed by atoms with E-state index in [9.17, 15) is 14.7 Å². The fourth-order valence-electron chi connectivity index (χ4n) is 1.51. The van der Waals surface area contributed by atoms with Gasteiger partial charge >= 0.3 is 5.97 Å². The first-order valence-corrected chi connectivity index (χ1v) is 5.33. The van der Waals surface area contributed by atoms with E-state index in [1.165, 1.54) is 30.7 Å². The number of aromatic nitrogens is 2. The van der Waals surface area contributed by atoms with E-state index >= 15 is 0 Å². The lowest BCUT2D eigenvalue weighted by atomic mass is 10.2. The molecule has 0 spiro atoms. The van der Waals surface area contributed by atoms with Crippen LogP contribution in [0.2, 0.25) is 0 Å². The van der Waals surface area contributed by atoms with Gasteiger partial charge in [0.05, 0.1) is 6.33 Å². The van der Waals surface area contributed by atoms with Gasteiger partial charge in [-0.3, -0.25) is 4.79 Å². The van der Waals surface area contributed by atoms with Crippen molar-refractivity contribution in [2.45, 2.75) is 0 Å². The summed E-state index contributed by atoms with van der Waals surface area (Å²) in [5.41, 5.74) is 0.206. The summed E-state index contributed by atoms with van der Waals surface area (Å²) in [7, 11) is 1.73. The van der Waals surface area contributed by atoms with E-state index in [2.05, 4.69) is 10.3 Å². The molecule has 0 unspecified atom stereocenters. The second-order valence-electron chi connectivity index (χ2n) is 3.92. The maximum atomic E-state index is 11.8. The van der Waals surface area contributed by atoms with E-state index in [4.69, 9.17) is 5.11 Å². The summed E-state index contributed by atoms with van der Waals surface area (Å²) in [5.74, 6) is -2.09. The molecule has 7 heteroatoms. The number of carboxylic acid groups (broad SMARTS) is 1. The average Bonchev–Trinajstić information content (AvgIpc) is 2.78. The molecule has 1 aromatic carbocycles. The summed E-state index contributed by atoms with van der Waals surface area (Å²) < 4.78 is 1.62. The van der Waals surface area contributed by atoms with Crippen molar-refractivity contribution in [1.82, 2.24) is 9.55 Å². The van der Waals surface area contributed by atoms with E-state index < -0.39 is 11.9 Å². The number of benzene rings is 1. The van der Waals surface area contributed by atoms with Crippen LogP contribution in [0.4, 0.5) is 5.69 Å². The summed E-state index contributed by atoms with van der Waals surface area (Å²) >= 11 is 0. The molecular formula is C12H11N3O4. The number of hydrogen-bond donors (Lipinski definition) is 3. The molecule has 7 nitrogen and oxygen atoms in total. The second kappa shape index (κ2) is 4.81. The first-order chi connectivity index (χ1) is 8.97. The zero-order chi connectivity index (χ0) is 14.0. The number of aryl methyl sites for hydroxylation is 1. The van der Waals surface area contributed by atoms with Crippen LogP contribution in [0.3, 0.4) is 0 Å². The Bertz CT molecular complexity index is 648. The van der Waals surface area contributed by atoms with Gasteiger partial charge in [0.2, 0.25) is 0 Å². The van der Waals surface area contributed by atoms with Crippen molar-refractivity contribution in [2.75, 3.05) is 5.32 Å². The number of nitrogens with one attached hydrogen (secondary N) is 1. The molecule has 0 aliphatic rings. The molecule has 19 heavy (non-hydrogen) atoms. The van der Waals surface area contributed by atoms with Crippen LogP contribution in [0.5, 0.6) is 5.75 Å². The third-order valence-corrected chi connectivity index (χ3v) is 2.42. The SMILES string of the molecule is Cn1cnc(C(=O)Nc2ccc(O)c(C(=O)O)c2)c1. The molecular weight excluding hydrogens is 250 g/mol. The van der Waals surface area contributed by atoms with Crippen LogP contribution >= 0.6 is 0 Å². The van der Waals surface area contributed by atoms with E-state index in [-0.39, 0.29) is 22.7 Å². The summed E-state index contributed by atoms with van der Waals surface area (Å²) in [6, 6.07) is 3.79. The van der Waals surface area contributed by atoms with Crippen molar-refractivity contribution >= 4 is 17.6 Å². The first kappa shape index (κ1) is 12.6. The largest absolute Gasteiger partial charge is 0.507 e. The molecule has 0 saturated carbocycles. The lowest BCUT2D eigenvalue weighted by Gasteiger charge is -2.05. The third kappa shape index (κ3) is 2.71. The van der Waals surface area contributed by atoms with Gasteiger partial charge in [-0.2, -0.15) is 0 Å². The summed E-state index contributed by atoms with van der Waals surface area (Å²) in [6.07, 6.45) is 3.02. The van der Waals surface area contributed by atoms with Crippen LogP contribution in [-0.2, 0) is 7.05 Å². The Morgan fingerprint density at radius 2 is 2.11 bits per heavy atom. The average molecular weight is 261 g/mol. The molecule has 2 rings (SSSR count). The Morgan fingerprint density at radius 3 is 2.68 bits per heavy atom. The summed E-state index contributed by atoms with van der Waals surface area (Å²) in [4.78, 5) is 26.5. The number of carbonyl (C=O) groups excluding carboxylic acids is 1. The number of aromatic carboxylic acids is 1. The van der Waals surface area contributed by atoms with Crippen molar-refractivity contribution in [3.8, 4) is 5.75 Å².